The first-order chi connectivity index (χ1) is 7.90. The van der Waals surface area contributed by atoms with Gasteiger partial charge in [-0.05, 0) is 43.6 Å². The summed E-state index contributed by atoms with van der Waals surface area (Å²) in [6.07, 6.45) is 9.05. The van der Waals surface area contributed by atoms with Crippen molar-refractivity contribution in [1.82, 2.24) is 5.32 Å². The highest BCUT2D eigenvalue weighted by Gasteiger charge is 2.35. The number of hydrogen-bond donors (Lipinski definition) is 1. The summed E-state index contributed by atoms with van der Waals surface area (Å²) >= 11 is 3.93. The Morgan fingerprint density at radius 3 is 3.00 bits per heavy atom. The molecule has 16 heavy (non-hydrogen) atoms. The largest absolute Gasteiger partial charge is 0.365 e. The van der Waals surface area contributed by atoms with Gasteiger partial charge >= 0.3 is 0 Å². The molecule has 0 bridgehead atoms. The molecule has 2 rings (SSSR count). The maximum atomic E-state index is 4.58. The highest BCUT2D eigenvalue weighted by Crippen LogP contribution is 2.41. The number of hydrogen-bond acceptors (Lipinski definition) is 4. The van der Waals surface area contributed by atoms with Gasteiger partial charge in [0.15, 0.2) is 5.17 Å². The van der Waals surface area contributed by atoms with Crippen LogP contribution in [0.3, 0.4) is 0 Å². The molecule has 0 aromatic carbocycles. The van der Waals surface area contributed by atoms with Crippen LogP contribution in [0.2, 0.25) is 0 Å². The van der Waals surface area contributed by atoms with Crippen LogP contribution in [-0.2, 0) is 0 Å². The monoisotopic (exact) mass is 258 g/mol. The van der Waals surface area contributed by atoms with Crippen molar-refractivity contribution < 1.29 is 0 Å². The molecule has 0 saturated heterocycles. The lowest BCUT2D eigenvalue weighted by Crippen LogP contribution is -2.21. The van der Waals surface area contributed by atoms with Gasteiger partial charge in [0.25, 0.3) is 0 Å². The third kappa shape index (κ3) is 4.21. The predicted octanol–water partition coefficient (Wildman–Crippen LogP) is 2.99. The second-order valence-electron chi connectivity index (χ2n) is 4.62. The van der Waals surface area contributed by atoms with Crippen LogP contribution in [0.5, 0.6) is 0 Å². The standard InChI is InChI=1S/C12H22N2S2/c1-15-8-4-2-3-7-13-12-14-9-11(16-12)10-5-6-10/h10-11H,2-9H2,1H3,(H,13,14). The van der Waals surface area contributed by atoms with Crippen LogP contribution >= 0.6 is 23.5 Å². The van der Waals surface area contributed by atoms with Gasteiger partial charge in [0.2, 0.25) is 0 Å². The zero-order chi connectivity index (χ0) is 11.2. The summed E-state index contributed by atoms with van der Waals surface area (Å²) in [7, 11) is 0. The van der Waals surface area contributed by atoms with Crippen molar-refractivity contribution in [2.75, 3.05) is 25.1 Å². The summed E-state index contributed by atoms with van der Waals surface area (Å²) in [4.78, 5) is 4.58. The molecule has 2 aliphatic rings. The van der Waals surface area contributed by atoms with Gasteiger partial charge in [-0.25, -0.2) is 0 Å². The maximum absolute atomic E-state index is 4.58. The lowest BCUT2D eigenvalue weighted by atomic mass is 10.2. The molecule has 1 aliphatic heterocycles. The van der Waals surface area contributed by atoms with E-state index in [1.165, 1.54) is 43.0 Å². The van der Waals surface area contributed by atoms with Gasteiger partial charge in [0.1, 0.15) is 0 Å². The molecule has 0 spiro atoms. The third-order valence-corrected chi connectivity index (χ3v) is 5.16. The number of unbranched alkanes of at least 4 members (excludes halogenated alkanes) is 2. The smallest absolute Gasteiger partial charge is 0.156 e. The third-order valence-electron chi connectivity index (χ3n) is 3.13. The highest BCUT2D eigenvalue weighted by atomic mass is 32.2. The van der Waals surface area contributed by atoms with Gasteiger partial charge in [-0.15, -0.1) is 0 Å². The maximum Gasteiger partial charge on any atom is 0.156 e. The SMILES string of the molecule is CSCCCCCNC1=NCC(C2CC2)S1. The van der Waals surface area contributed by atoms with E-state index in [4.69, 9.17) is 0 Å². The number of nitrogens with one attached hydrogen (secondary N) is 1. The number of amidine groups is 1. The summed E-state index contributed by atoms with van der Waals surface area (Å²) in [5.41, 5.74) is 0. The molecule has 1 heterocycles. The molecule has 0 aromatic heterocycles. The Morgan fingerprint density at radius 2 is 2.25 bits per heavy atom. The van der Waals surface area contributed by atoms with E-state index in [0.717, 1.165) is 24.3 Å². The average Bonchev–Trinajstić information content (AvgIpc) is 3.04. The van der Waals surface area contributed by atoms with Crippen LogP contribution in [-0.4, -0.2) is 35.5 Å². The van der Waals surface area contributed by atoms with E-state index in [2.05, 4.69) is 16.6 Å². The molecule has 0 aromatic rings. The minimum Gasteiger partial charge on any atom is -0.365 e. The van der Waals surface area contributed by atoms with Crippen molar-refractivity contribution in [2.45, 2.75) is 37.4 Å². The Morgan fingerprint density at radius 1 is 1.38 bits per heavy atom. The summed E-state index contributed by atoms with van der Waals surface area (Å²) in [5.74, 6) is 2.29. The minimum absolute atomic E-state index is 0.805. The molecule has 1 fully saturated rings. The zero-order valence-corrected chi connectivity index (χ0v) is 11.7. The van der Waals surface area contributed by atoms with Crippen molar-refractivity contribution in [2.24, 2.45) is 10.9 Å². The normalized spacial score (nSPS) is 24.6. The molecule has 1 saturated carbocycles. The van der Waals surface area contributed by atoms with Crippen molar-refractivity contribution in [3.63, 3.8) is 0 Å². The summed E-state index contributed by atoms with van der Waals surface area (Å²) < 4.78 is 0. The van der Waals surface area contributed by atoms with Gasteiger partial charge in [-0.2, -0.15) is 11.8 Å². The van der Waals surface area contributed by atoms with Crippen molar-refractivity contribution in [3.05, 3.63) is 0 Å². The van der Waals surface area contributed by atoms with E-state index in [9.17, 15) is 0 Å². The van der Waals surface area contributed by atoms with Gasteiger partial charge in [-0.1, -0.05) is 18.2 Å². The van der Waals surface area contributed by atoms with Crippen LogP contribution in [0.1, 0.15) is 32.1 Å². The quantitative estimate of drug-likeness (QED) is 0.711. The Hall–Kier alpha value is 0.170. The van der Waals surface area contributed by atoms with Gasteiger partial charge in [0, 0.05) is 11.8 Å². The summed E-state index contributed by atoms with van der Waals surface area (Å²) in [5, 5.41) is 5.49. The highest BCUT2D eigenvalue weighted by molar-refractivity contribution is 8.14. The van der Waals surface area contributed by atoms with Crippen LogP contribution in [0.4, 0.5) is 0 Å². The first kappa shape index (κ1) is 12.6. The molecule has 92 valence electrons. The fourth-order valence-electron chi connectivity index (χ4n) is 1.95. The van der Waals surface area contributed by atoms with E-state index in [0.29, 0.717) is 0 Å². The van der Waals surface area contributed by atoms with E-state index < -0.39 is 0 Å². The van der Waals surface area contributed by atoms with Crippen molar-refractivity contribution in [3.8, 4) is 0 Å². The Bertz CT molecular complexity index is 239. The fourth-order valence-corrected chi connectivity index (χ4v) is 3.67. The van der Waals surface area contributed by atoms with Crippen LogP contribution in [0.15, 0.2) is 4.99 Å². The number of aliphatic imine (C=N–C) groups is 1. The number of thioether (sulfide) groups is 2. The molecule has 0 amide bonds. The Labute approximate surface area is 107 Å². The van der Waals surface area contributed by atoms with E-state index in [-0.39, 0.29) is 0 Å². The lowest BCUT2D eigenvalue weighted by Gasteiger charge is -2.07. The average molecular weight is 258 g/mol. The Balaban J connectivity index is 1.47. The van der Waals surface area contributed by atoms with E-state index in [1.807, 2.05) is 23.5 Å². The molecule has 1 N–H and O–H groups in total. The van der Waals surface area contributed by atoms with Gasteiger partial charge in [0.05, 0.1) is 6.54 Å². The second kappa shape index (κ2) is 6.80. The fraction of sp³-hybridized carbons (Fsp3) is 0.917. The van der Waals surface area contributed by atoms with Gasteiger partial charge in [-0.3, -0.25) is 4.99 Å². The van der Waals surface area contributed by atoms with Crippen molar-refractivity contribution >= 4 is 28.7 Å². The molecular formula is C12H22N2S2. The first-order valence-corrected chi connectivity index (χ1v) is 8.61. The van der Waals surface area contributed by atoms with Gasteiger partial charge < -0.3 is 5.32 Å². The van der Waals surface area contributed by atoms with Crippen molar-refractivity contribution in [1.29, 1.82) is 0 Å². The molecule has 0 radical (unpaired) electrons. The number of rotatable bonds is 7. The molecular weight excluding hydrogens is 236 g/mol. The zero-order valence-electron chi connectivity index (χ0n) is 10.1. The van der Waals surface area contributed by atoms with E-state index >= 15 is 0 Å². The molecule has 4 heteroatoms. The number of nitrogens with zero attached hydrogens (tertiary/aromatic N) is 1. The summed E-state index contributed by atoms with van der Waals surface area (Å²) in [6.45, 7) is 2.17. The molecule has 2 nitrogen and oxygen atoms in total. The predicted molar refractivity (Wildman–Crippen MR) is 76.6 cm³/mol. The molecule has 1 unspecified atom stereocenters. The first-order valence-electron chi connectivity index (χ1n) is 6.34. The van der Waals surface area contributed by atoms with Crippen LogP contribution in [0, 0.1) is 5.92 Å². The molecule has 1 atom stereocenters. The molecule has 1 aliphatic carbocycles. The van der Waals surface area contributed by atoms with Crippen LogP contribution < -0.4 is 5.32 Å². The lowest BCUT2D eigenvalue weighted by molar-refractivity contribution is 0.702. The minimum atomic E-state index is 0.805. The second-order valence-corrected chi connectivity index (χ2v) is 6.83. The van der Waals surface area contributed by atoms with E-state index in [1.54, 1.807) is 0 Å². The Kier molecular flexibility index (Phi) is 5.36. The summed E-state index contributed by atoms with van der Waals surface area (Å²) in [6, 6.07) is 0. The topological polar surface area (TPSA) is 24.4 Å². The van der Waals surface area contributed by atoms with Crippen LogP contribution in [0.25, 0.3) is 0 Å².